The average molecular weight is 223 g/mol. The number of esters is 1. The number of Topliss-reactive ketones (excluding diaryl/α,β-unsaturated/α-hetero) is 1. The van der Waals surface area contributed by atoms with Crippen LogP contribution in [0.2, 0.25) is 0 Å². The Balaban J connectivity index is 2.70. The summed E-state index contributed by atoms with van der Waals surface area (Å²) in [5.41, 5.74) is 0.0517. The van der Waals surface area contributed by atoms with Crippen molar-refractivity contribution in [2.45, 2.75) is 13.0 Å². The Kier molecular flexibility index (Phi) is 4.13. The van der Waals surface area contributed by atoms with Crippen LogP contribution < -0.4 is 0 Å². The molecule has 0 aromatic carbocycles. The van der Waals surface area contributed by atoms with Crippen LogP contribution in [0.4, 0.5) is 0 Å². The topological polar surface area (TPSA) is 87.5 Å². The van der Waals surface area contributed by atoms with E-state index >= 15 is 0 Å². The number of hydrogen-bond acceptors (Lipinski definition) is 5. The molecule has 0 aliphatic heterocycles. The van der Waals surface area contributed by atoms with Gasteiger partial charge in [-0.1, -0.05) is 18.2 Å². The second kappa shape index (κ2) is 5.37. The van der Waals surface area contributed by atoms with Gasteiger partial charge in [-0.15, -0.1) is 0 Å². The molecular weight excluding hydrogens is 210 g/mol. The number of rotatable bonds is 4. The summed E-state index contributed by atoms with van der Waals surface area (Å²) in [5.74, 6) is -2.57. The molecule has 86 valence electrons. The van der Waals surface area contributed by atoms with Crippen LogP contribution in [0.5, 0.6) is 0 Å². The quantitative estimate of drug-likeness (QED) is 0.528. The highest BCUT2D eigenvalue weighted by Gasteiger charge is 2.32. The molecule has 0 amide bonds. The first-order valence-electron chi connectivity index (χ1n) is 4.89. The summed E-state index contributed by atoms with van der Waals surface area (Å²) in [4.78, 5) is 22.8. The molecule has 0 heterocycles. The van der Waals surface area contributed by atoms with Crippen LogP contribution >= 0.6 is 0 Å². The van der Waals surface area contributed by atoms with Crippen molar-refractivity contribution in [3.63, 3.8) is 0 Å². The lowest BCUT2D eigenvalue weighted by Crippen LogP contribution is -2.38. The van der Waals surface area contributed by atoms with Gasteiger partial charge in [0.2, 0.25) is 6.10 Å². The molecule has 0 aromatic rings. The minimum atomic E-state index is -1.82. The maximum atomic E-state index is 11.6. The fraction of sp³-hybridized carbons (Fsp3) is 0.364. The lowest BCUT2D eigenvalue weighted by atomic mass is 9.91. The highest BCUT2D eigenvalue weighted by molar-refractivity contribution is 6.17. The third-order valence-corrected chi connectivity index (χ3v) is 2.11. The molecule has 0 saturated carbocycles. The highest BCUT2D eigenvalue weighted by atomic mass is 16.5. The van der Waals surface area contributed by atoms with Gasteiger partial charge >= 0.3 is 5.97 Å². The van der Waals surface area contributed by atoms with Crippen LogP contribution in [0.1, 0.15) is 6.92 Å². The van der Waals surface area contributed by atoms with Crippen molar-refractivity contribution in [3.05, 3.63) is 24.3 Å². The average Bonchev–Trinajstić information content (AvgIpc) is 2.28. The van der Waals surface area contributed by atoms with E-state index in [0.29, 0.717) is 0 Å². The largest absolute Gasteiger partial charge is 0.464 e. The summed E-state index contributed by atoms with van der Waals surface area (Å²) < 4.78 is 4.53. The van der Waals surface area contributed by atoms with Crippen LogP contribution in [-0.2, 0) is 14.3 Å². The molecule has 0 fully saturated rings. The van der Waals surface area contributed by atoms with Crippen LogP contribution in [0, 0.1) is 11.3 Å². The van der Waals surface area contributed by atoms with Gasteiger partial charge in [0, 0.05) is 5.71 Å². The van der Waals surface area contributed by atoms with E-state index in [1.165, 1.54) is 12.2 Å². The summed E-state index contributed by atoms with van der Waals surface area (Å²) in [6, 6.07) is 0. The second-order valence-electron chi connectivity index (χ2n) is 3.23. The standard InChI is InChI=1S/C11H13NO4/c1-2-16-11(15)10(14)9(13)7-5-3-4-6-8(7)12/h3-7,10,12,14H,2H2,1H3. The molecule has 5 nitrogen and oxygen atoms in total. The number of hydrogen-bond donors (Lipinski definition) is 2. The zero-order chi connectivity index (χ0) is 12.1. The van der Waals surface area contributed by atoms with Gasteiger partial charge in [-0.2, -0.15) is 0 Å². The molecule has 5 heteroatoms. The van der Waals surface area contributed by atoms with E-state index < -0.39 is 23.8 Å². The van der Waals surface area contributed by atoms with E-state index in [-0.39, 0.29) is 12.3 Å². The fourth-order valence-electron chi connectivity index (χ4n) is 1.30. The molecule has 0 aromatic heterocycles. The van der Waals surface area contributed by atoms with E-state index in [4.69, 9.17) is 5.41 Å². The normalized spacial score (nSPS) is 20.6. The van der Waals surface area contributed by atoms with Gasteiger partial charge in [0.15, 0.2) is 5.78 Å². The summed E-state index contributed by atoms with van der Waals surface area (Å²) in [7, 11) is 0. The van der Waals surface area contributed by atoms with Gasteiger partial charge in [-0.25, -0.2) is 4.79 Å². The van der Waals surface area contributed by atoms with Crippen molar-refractivity contribution in [1.29, 1.82) is 5.41 Å². The summed E-state index contributed by atoms with van der Waals surface area (Å²) in [6.45, 7) is 1.68. The first kappa shape index (κ1) is 12.3. The Morgan fingerprint density at radius 3 is 2.81 bits per heavy atom. The number of ketones is 1. The van der Waals surface area contributed by atoms with Crippen molar-refractivity contribution in [3.8, 4) is 0 Å². The predicted molar refractivity (Wildman–Crippen MR) is 57.1 cm³/mol. The van der Waals surface area contributed by atoms with Crippen molar-refractivity contribution in [2.24, 2.45) is 5.92 Å². The lowest BCUT2D eigenvalue weighted by Gasteiger charge is -2.16. The van der Waals surface area contributed by atoms with E-state index in [1.807, 2.05) is 0 Å². The van der Waals surface area contributed by atoms with Gasteiger partial charge in [0.25, 0.3) is 0 Å². The molecule has 2 N–H and O–H groups in total. The first-order chi connectivity index (χ1) is 7.57. The number of carbonyl (C=O) groups is 2. The van der Waals surface area contributed by atoms with Gasteiger partial charge < -0.3 is 15.3 Å². The Morgan fingerprint density at radius 1 is 1.56 bits per heavy atom. The van der Waals surface area contributed by atoms with Gasteiger partial charge in [0.1, 0.15) is 0 Å². The second-order valence-corrected chi connectivity index (χ2v) is 3.23. The maximum Gasteiger partial charge on any atom is 0.342 e. The van der Waals surface area contributed by atoms with Crippen molar-refractivity contribution >= 4 is 17.5 Å². The van der Waals surface area contributed by atoms with E-state index in [1.54, 1.807) is 19.1 Å². The summed E-state index contributed by atoms with van der Waals surface area (Å²) in [6.07, 6.45) is 4.30. The molecule has 1 aliphatic rings. The maximum absolute atomic E-state index is 11.6. The molecule has 2 atom stereocenters. The zero-order valence-corrected chi connectivity index (χ0v) is 8.84. The summed E-state index contributed by atoms with van der Waals surface area (Å²) in [5, 5.41) is 16.9. The number of nitrogens with one attached hydrogen (secondary N) is 1. The molecular formula is C11H13NO4. The molecule has 0 spiro atoms. The van der Waals surface area contributed by atoms with Crippen LogP contribution in [0.15, 0.2) is 24.3 Å². The van der Waals surface area contributed by atoms with E-state index in [9.17, 15) is 14.7 Å². The monoisotopic (exact) mass is 223 g/mol. The highest BCUT2D eigenvalue weighted by Crippen LogP contribution is 2.12. The smallest absolute Gasteiger partial charge is 0.342 e. The molecule has 2 unspecified atom stereocenters. The Bertz CT molecular complexity index is 370. The van der Waals surface area contributed by atoms with E-state index in [2.05, 4.69) is 4.74 Å². The van der Waals surface area contributed by atoms with Gasteiger partial charge in [-0.05, 0) is 13.0 Å². The Hall–Kier alpha value is -1.75. The van der Waals surface area contributed by atoms with Gasteiger partial charge in [-0.3, -0.25) is 4.79 Å². The van der Waals surface area contributed by atoms with E-state index in [0.717, 1.165) is 0 Å². The number of aliphatic hydroxyl groups is 1. The minimum Gasteiger partial charge on any atom is -0.464 e. The Labute approximate surface area is 92.9 Å². The number of ether oxygens (including phenoxy) is 1. The number of aliphatic hydroxyl groups excluding tert-OH is 1. The van der Waals surface area contributed by atoms with Crippen molar-refractivity contribution < 1.29 is 19.4 Å². The van der Waals surface area contributed by atoms with Crippen molar-refractivity contribution in [2.75, 3.05) is 6.61 Å². The van der Waals surface area contributed by atoms with Crippen LogP contribution in [-0.4, -0.2) is 35.3 Å². The molecule has 0 radical (unpaired) electrons. The SMILES string of the molecule is CCOC(=O)C(O)C(=O)C1C=CC=CC1=N. The predicted octanol–water partition coefficient (Wildman–Crippen LogP) is 0.241. The number of allylic oxidation sites excluding steroid dienone is 4. The number of carbonyl (C=O) groups excluding carboxylic acids is 2. The first-order valence-corrected chi connectivity index (χ1v) is 4.89. The van der Waals surface area contributed by atoms with Crippen LogP contribution in [0.25, 0.3) is 0 Å². The third kappa shape index (κ3) is 2.64. The van der Waals surface area contributed by atoms with Crippen LogP contribution in [0.3, 0.4) is 0 Å². The molecule has 0 bridgehead atoms. The summed E-state index contributed by atoms with van der Waals surface area (Å²) >= 11 is 0. The third-order valence-electron chi connectivity index (χ3n) is 2.11. The Morgan fingerprint density at radius 2 is 2.25 bits per heavy atom. The fourth-order valence-corrected chi connectivity index (χ4v) is 1.30. The van der Waals surface area contributed by atoms with Crippen molar-refractivity contribution in [1.82, 2.24) is 0 Å². The van der Waals surface area contributed by atoms with Gasteiger partial charge in [0.05, 0.1) is 12.5 Å². The molecule has 1 rings (SSSR count). The molecule has 16 heavy (non-hydrogen) atoms. The minimum absolute atomic E-state index is 0.0517. The lowest BCUT2D eigenvalue weighted by molar-refractivity contribution is -0.157. The molecule has 1 aliphatic carbocycles. The molecule has 0 saturated heterocycles. The zero-order valence-electron chi connectivity index (χ0n) is 8.84.